The molecule has 180 valence electrons. The number of rotatable bonds is 5. The summed E-state index contributed by atoms with van der Waals surface area (Å²) in [6.45, 7) is 8.28. The molecule has 7 nitrogen and oxygen atoms in total. The molecule has 1 saturated heterocycles. The number of hydrogen-bond acceptors (Lipinski definition) is 7. The van der Waals surface area contributed by atoms with Gasteiger partial charge in [-0.15, -0.1) is 0 Å². The van der Waals surface area contributed by atoms with Gasteiger partial charge in [-0.3, -0.25) is 9.69 Å². The average molecular weight is 450 g/mol. The number of ether oxygens (including phenoxy) is 2. The fourth-order valence-corrected chi connectivity index (χ4v) is 10.6. The summed E-state index contributed by atoms with van der Waals surface area (Å²) in [5.74, 6) is 0.648. The van der Waals surface area contributed by atoms with E-state index in [0.29, 0.717) is 12.3 Å². The Hall–Kier alpha value is -0.730. The van der Waals surface area contributed by atoms with Crippen LogP contribution in [0.4, 0.5) is 0 Å². The lowest BCUT2D eigenvalue weighted by Gasteiger charge is -2.68. The number of methoxy groups -OCH3 is 1. The first-order valence-electron chi connectivity index (χ1n) is 12.6. The molecular formula is C25H39NO6. The Morgan fingerprint density at radius 3 is 2.66 bits per heavy atom. The lowest BCUT2D eigenvalue weighted by Crippen LogP contribution is -2.75. The largest absolute Gasteiger partial charge is 0.462 e. The minimum Gasteiger partial charge on any atom is -0.462 e. The summed E-state index contributed by atoms with van der Waals surface area (Å²) in [5, 5.41) is 12.6. The van der Waals surface area contributed by atoms with Crippen LogP contribution in [-0.4, -0.2) is 73.2 Å². The van der Waals surface area contributed by atoms with Crippen molar-refractivity contribution in [2.45, 2.75) is 82.8 Å². The SMILES string of the molecule is CCN1CC2(C)CCC(OOC)C34C5CC6C(OC)CC(O)(C(CC23)C14)C5C6OC(C)=O. The molecule has 0 aromatic heterocycles. The lowest BCUT2D eigenvalue weighted by molar-refractivity contribution is -0.372. The maximum absolute atomic E-state index is 12.6. The highest BCUT2D eigenvalue weighted by atomic mass is 17.2. The molecule has 1 N–H and O–H groups in total. The number of esters is 1. The molecule has 1 aliphatic heterocycles. The second-order valence-electron chi connectivity index (χ2n) is 11.9. The molecule has 12 atom stereocenters. The van der Waals surface area contributed by atoms with Crippen molar-refractivity contribution in [3.63, 3.8) is 0 Å². The summed E-state index contributed by atoms with van der Waals surface area (Å²) in [6.07, 6.45) is 4.30. The monoisotopic (exact) mass is 449 g/mol. The van der Waals surface area contributed by atoms with E-state index in [1.54, 1.807) is 14.2 Å². The van der Waals surface area contributed by atoms with Crippen molar-refractivity contribution in [1.29, 1.82) is 0 Å². The number of aliphatic hydroxyl groups is 1. The van der Waals surface area contributed by atoms with Crippen LogP contribution < -0.4 is 0 Å². The second kappa shape index (κ2) is 6.91. The third-order valence-corrected chi connectivity index (χ3v) is 11.1. The fraction of sp³-hybridized carbons (Fsp3) is 0.960. The van der Waals surface area contributed by atoms with E-state index < -0.39 is 5.60 Å². The molecule has 0 amide bonds. The summed E-state index contributed by atoms with van der Waals surface area (Å²) in [7, 11) is 3.36. The van der Waals surface area contributed by atoms with Crippen LogP contribution in [0.25, 0.3) is 0 Å². The van der Waals surface area contributed by atoms with Crippen LogP contribution in [0.1, 0.15) is 52.9 Å². The maximum atomic E-state index is 12.6. The molecule has 32 heavy (non-hydrogen) atoms. The van der Waals surface area contributed by atoms with Crippen molar-refractivity contribution in [1.82, 2.24) is 4.90 Å². The fourth-order valence-electron chi connectivity index (χ4n) is 10.6. The van der Waals surface area contributed by atoms with E-state index in [-0.39, 0.29) is 64.8 Å². The first kappa shape index (κ1) is 21.8. The van der Waals surface area contributed by atoms with Crippen LogP contribution in [0.3, 0.4) is 0 Å². The first-order valence-corrected chi connectivity index (χ1v) is 12.6. The van der Waals surface area contributed by atoms with E-state index in [0.717, 1.165) is 38.8 Å². The van der Waals surface area contributed by atoms with Crippen molar-refractivity contribution < 1.29 is 29.1 Å². The van der Waals surface area contributed by atoms with Crippen molar-refractivity contribution in [2.75, 3.05) is 27.3 Å². The zero-order valence-electron chi connectivity index (χ0n) is 20.1. The summed E-state index contributed by atoms with van der Waals surface area (Å²) < 4.78 is 12.0. The number of nitrogens with zero attached hydrogens (tertiary/aromatic N) is 1. The van der Waals surface area contributed by atoms with E-state index in [2.05, 4.69) is 18.7 Å². The van der Waals surface area contributed by atoms with E-state index in [9.17, 15) is 9.90 Å². The van der Waals surface area contributed by atoms with Crippen molar-refractivity contribution in [3.05, 3.63) is 0 Å². The van der Waals surface area contributed by atoms with Crippen LogP contribution in [0.5, 0.6) is 0 Å². The van der Waals surface area contributed by atoms with Gasteiger partial charge in [-0.2, -0.15) is 0 Å². The molecule has 0 aromatic rings. The third-order valence-electron chi connectivity index (χ3n) is 11.1. The first-order chi connectivity index (χ1) is 15.3. The van der Waals surface area contributed by atoms with Gasteiger partial charge in [-0.05, 0) is 49.5 Å². The van der Waals surface area contributed by atoms with Crippen LogP contribution in [0.2, 0.25) is 0 Å². The summed E-state index contributed by atoms with van der Waals surface area (Å²) >= 11 is 0. The second-order valence-corrected chi connectivity index (χ2v) is 11.9. The molecule has 6 fully saturated rings. The molecule has 6 rings (SSSR count). The van der Waals surface area contributed by atoms with E-state index in [1.165, 1.54) is 6.92 Å². The molecule has 6 aliphatic rings. The standard InChI is InChI=1S/C25H39NO6/c1-6-26-12-23(3)8-7-19(32-30-5)25-15-9-14-17(29-4)11-24(28,16(22(25)26)10-18(23)25)20(15)21(14)31-13(2)27/h14-22,28H,6-12H2,1-5H3. The van der Waals surface area contributed by atoms with E-state index >= 15 is 0 Å². The molecule has 1 heterocycles. The number of carbonyl (C=O) groups is 1. The summed E-state index contributed by atoms with van der Waals surface area (Å²) in [5.41, 5.74) is -0.768. The third kappa shape index (κ3) is 2.33. The van der Waals surface area contributed by atoms with Gasteiger partial charge in [-0.25, -0.2) is 9.78 Å². The number of fused-ring (bicyclic) bond motifs is 2. The van der Waals surface area contributed by atoms with Gasteiger partial charge < -0.3 is 14.6 Å². The van der Waals surface area contributed by atoms with Crippen molar-refractivity contribution >= 4 is 5.97 Å². The Kier molecular flexibility index (Phi) is 4.70. The normalized spacial score (nSPS) is 57.5. The average Bonchev–Trinajstić information content (AvgIpc) is 3.20. The molecule has 7 heteroatoms. The summed E-state index contributed by atoms with van der Waals surface area (Å²) in [6, 6.07) is 0.268. The molecule has 1 spiro atoms. The van der Waals surface area contributed by atoms with Gasteiger partial charge in [-0.1, -0.05) is 13.8 Å². The highest BCUT2D eigenvalue weighted by Crippen LogP contribution is 2.79. The van der Waals surface area contributed by atoms with Crippen LogP contribution in [-0.2, 0) is 24.0 Å². The van der Waals surface area contributed by atoms with Gasteiger partial charge in [0.1, 0.15) is 12.2 Å². The molecule has 5 aliphatic carbocycles. The minimum absolute atomic E-state index is 0.00259. The topological polar surface area (TPSA) is 77.5 Å². The van der Waals surface area contributed by atoms with Crippen LogP contribution in [0.15, 0.2) is 0 Å². The van der Waals surface area contributed by atoms with Gasteiger partial charge >= 0.3 is 5.97 Å². The van der Waals surface area contributed by atoms with E-state index in [4.69, 9.17) is 19.2 Å². The Morgan fingerprint density at radius 1 is 1.22 bits per heavy atom. The zero-order valence-corrected chi connectivity index (χ0v) is 20.1. The smallest absolute Gasteiger partial charge is 0.302 e. The lowest BCUT2D eigenvalue weighted by atomic mass is 9.43. The zero-order chi connectivity index (χ0) is 22.6. The highest BCUT2D eigenvalue weighted by molar-refractivity contribution is 5.66. The molecule has 12 unspecified atom stereocenters. The maximum Gasteiger partial charge on any atom is 0.302 e. The quantitative estimate of drug-likeness (QED) is 0.392. The molecular weight excluding hydrogens is 410 g/mol. The highest BCUT2D eigenvalue weighted by Gasteiger charge is 2.83. The van der Waals surface area contributed by atoms with Gasteiger partial charge in [0.05, 0.1) is 18.8 Å². The number of piperidine rings is 1. The number of likely N-dealkylation sites (tertiary alicyclic amines) is 1. The number of hydrogen-bond donors (Lipinski definition) is 1. The van der Waals surface area contributed by atoms with Crippen LogP contribution >= 0.6 is 0 Å². The van der Waals surface area contributed by atoms with Gasteiger partial charge in [0.15, 0.2) is 0 Å². The summed E-state index contributed by atoms with van der Waals surface area (Å²) in [4.78, 5) is 26.3. The van der Waals surface area contributed by atoms with Crippen molar-refractivity contribution in [2.24, 2.45) is 40.4 Å². The Balaban J connectivity index is 1.56. The van der Waals surface area contributed by atoms with Crippen LogP contribution in [0, 0.1) is 40.4 Å². The molecule has 0 radical (unpaired) electrons. The van der Waals surface area contributed by atoms with Gasteiger partial charge in [0.2, 0.25) is 0 Å². The van der Waals surface area contributed by atoms with Gasteiger partial charge in [0.25, 0.3) is 0 Å². The Labute approximate surface area is 191 Å². The Bertz CT molecular complexity index is 807. The molecule has 0 aromatic carbocycles. The predicted octanol–water partition coefficient (Wildman–Crippen LogP) is 2.41. The molecule has 5 saturated carbocycles. The number of carbonyl (C=O) groups excluding carboxylic acids is 1. The minimum atomic E-state index is -0.887. The van der Waals surface area contributed by atoms with Gasteiger partial charge in [0, 0.05) is 56.2 Å². The Morgan fingerprint density at radius 2 is 2.00 bits per heavy atom. The molecule has 7 bridgehead atoms. The van der Waals surface area contributed by atoms with E-state index in [1.807, 2.05) is 0 Å². The predicted molar refractivity (Wildman–Crippen MR) is 115 cm³/mol. The van der Waals surface area contributed by atoms with Crippen molar-refractivity contribution in [3.8, 4) is 0 Å².